The van der Waals surface area contributed by atoms with Crippen molar-refractivity contribution in [1.29, 1.82) is 0 Å². The lowest BCUT2D eigenvalue weighted by Gasteiger charge is -2.14. The van der Waals surface area contributed by atoms with Crippen molar-refractivity contribution in [3.63, 3.8) is 0 Å². The Morgan fingerprint density at radius 1 is 0.952 bits per heavy atom. The summed E-state index contributed by atoms with van der Waals surface area (Å²) < 4.78 is 21.3. The molecule has 0 bridgehead atoms. The van der Waals surface area contributed by atoms with Gasteiger partial charge in [-0.3, -0.25) is 0 Å². The van der Waals surface area contributed by atoms with E-state index in [1.165, 1.54) is 0 Å². The van der Waals surface area contributed by atoms with Crippen molar-refractivity contribution >= 4 is 0 Å². The molecule has 0 fully saturated rings. The highest BCUT2D eigenvalue weighted by Crippen LogP contribution is 2.17. The first-order valence-electron chi connectivity index (χ1n) is 7.30. The molecule has 1 aromatic carbocycles. The molecule has 5 heteroatoms. The fourth-order valence-corrected chi connectivity index (χ4v) is 1.73. The Balaban J connectivity index is 2.21. The Bertz CT molecular complexity index is 367. The van der Waals surface area contributed by atoms with Crippen LogP contribution >= 0.6 is 0 Å². The maximum absolute atomic E-state index is 6.08. The SMILES string of the molecule is COCCOCCOCC(N)c1ccc(OC(C)C)cc1. The molecule has 0 radical (unpaired) electrons. The first kappa shape index (κ1) is 17.9. The van der Waals surface area contributed by atoms with Gasteiger partial charge in [0.05, 0.1) is 45.2 Å². The summed E-state index contributed by atoms with van der Waals surface area (Å²) >= 11 is 0. The average molecular weight is 297 g/mol. The standard InChI is InChI=1S/C16H27NO4/c1-13(2)21-15-6-4-14(5-7-15)16(17)12-20-11-10-19-9-8-18-3/h4-7,13,16H,8-12,17H2,1-3H3. The minimum Gasteiger partial charge on any atom is -0.491 e. The van der Waals surface area contributed by atoms with Crippen molar-refractivity contribution in [2.24, 2.45) is 5.73 Å². The number of hydrogen-bond donors (Lipinski definition) is 1. The molecule has 0 spiro atoms. The van der Waals surface area contributed by atoms with Crippen LogP contribution in [0.2, 0.25) is 0 Å². The predicted molar refractivity (Wildman–Crippen MR) is 82.6 cm³/mol. The molecule has 1 atom stereocenters. The maximum Gasteiger partial charge on any atom is 0.119 e. The van der Waals surface area contributed by atoms with Crippen LogP contribution in [0.3, 0.4) is 0 Å². The number of nitrogens with two attached hydrogens (primary N) is 1. The van der Waals surface area contributed by atoms with Gasteiger partial charge >= 0.3 is 0 Å². The number of hydrogen-bond acceptors (Lipinski definition) is 5. The highest BCUT2D eigenvalue weighted by molar-refractivity contribution is 5.29. The zero-order chi connectivity index (χ0) is 15.5. The molecule has 1 unspecified atom stereocenters. The van der Waals surface area contributed by atoms with Crippen LogP contribution in [-0.4, -0.2) is 46.2 Å². The Morgan fingerprint density at radius 2 is 1.57 bits per heavy atom. The lowest BCUT2D eigenvalue weighted by molar-refractivity contribution is 0.0216. The van der Waals surface area contributed by atoms with E-state index in [1.807, 2.05) is 38.1 Å². The third kappa shape index (κ3) is 8.02. The van der Waals surface area contributed by atoms with Crippen molar-refractivity contribution in [2.45, 2.75) is 26.0 Å². The van der Waals surface area contributed by atoms with Crippen molar-refractivity contribution in [3.05, 3.63) is 29.8 Å². The van der Waals surface area contributed by atoms with Crippen LogP contribution in [0.1, 0.15) is 25.5 Å². The monoisotopic (exact) mass is 297 g/mol. The van der Waals surface area contributed by atoms with E-state index in [0.717, 1.165) is 11.3 Å². The van der Waals surface area contributed by atoms with Gasteiger partial charge in [0.1, 0.15) is 5.75 Å². The Labute approximate surface area is 127 Å². The molecule has 1 rings (SSSR count). The first-order chi connectivity index (χ1) is 10.1. The lowest BCUT2D eigenvalue weighted by atomic mass is 10.1. The fraction of sp³-hybridized carbons (Fsp3) is 0.625. The van der Waals surface area contributed by atoms with Crippen LogP contribution in [0.25, 0.3) is 0 Å². The lowest BCUT2D eigenvalue weighted by Crippen LogP contribution is -2.19. The molecule has 0 saturated carbocycles. The van der Waals surface area contributed by atoms with E-state index in [2.05, 4.69) is 0 Å². The van der Waals surface area contributed by atoms with Gasteiger partial charge in [0.15, 0.2) is 0 Å². The second-order valence-corrected chi connectivity index (χ2v) is 5.02. The van der Waals surface area contributed by atoms with Gasteiger partial charge < -0.3 is 24.7 Å². The fourth-order valence-electron chi connectivity index (χ4n) is 1.73. The van der Waals surface area contributed by atoms with Crippen molar-refractivity contribution in [2.75, 3.05) is 40.1 Å². The summed E-state index contributed by atoms with van der Waals surface area (Å²) in [7, 11) is 1.65. The molecule has 2 N–H and O–H groups in total. The molecule has 0 amide bonds. The zero-order valence-corrected chi connectivity index (χ0v) is 13.2. The molecule has 120 valence electrons. The smallest absolute Gasteiger partial charge is 0.119 e. The van der Waals surface area contributed by atoms with Gasteiger partial charge in [0.25, 0.3) is 0 Å². The van der Waals surface area contributed by atoms with Crippen LogP contribution in [0, 0.1) is 0 Å². The van der Waals surface area contributed by atoms with Crippen LogP contribution in [0.4, 0.5) is 0 Å². The largest absolute Gasteiger partial charge is 0.491 e. The first-order valence-corrected chi connectivity index (χ1v) is 7.30. The van der Waals surface area contributed by atoms with Crippen LogP contribution in [0.15, 0.2) is 24.3 Å². The van der Waals surface area contributed by atoms with Crippen molar-refractivity contribution in [3.8, 4) is 5.75 Å². The van der Waals surface area contributed by atoms with E-state index in [4.69, 9.17) is 24.7 Å². The van der Waals surface area contributed by atoms with E-state index in [9.17, 15) is 0 Å². The maximum atomic E-state index is 6.08. The second-order valence-electron chi connectivity index (χ2n) is 5.02. The van der Waals surface area contributed by atoms with Crippen LogP contribution < -0.4 is 10.5 Å². The quantitative estimate of drug-likeness (QED) is 0.634. The summed E-state index contributed by atoms with van der Waals surface area (Å²) in [5, 5.41) is 0. The van der Waals surface area contributed by atoms with Gasteiger partial charge in [-0.25, -0.2) is 0 Å². The molecule has 0 aliphatic carbocycles. The van der Waals surface area contributed by atoms with E-state index in [0.29, 0.717) is 33.0 Å². The molecule has 21 heavy (non-hydrogen) atoms. The number of rotatable bonds is 11. The predicted octanol–water partition coefficient (Wildman–Crippen LogP) is 2.15. The molecule has 1 aromatic rings. The normalized spacial score (nSPS) is 12.6. The molecule has 0 aliphatic rings. The Hall–Kier alpha value is -1.14. The molecule has 0 aromatic heterocycles. The summed E-state index contributed by atoms with van der Waals surface area (Å²) in [6, 6.07) is 7.67. The zero-order valence-electron chi connectivity index (χ0n) is 13.2. The molecule has 0 saturated heterocycles. The van der Waals surface area contributed by atoms with Crippen molar-refractivity contribution in [1.82, 2.24) is 0 Å². The number of methoxy groups -OCH3 is 1. The highest BCUT2D eigenvalue weighted by atomic mass is 16.5. The van der Waals surface area contributed by atoms with Gasteiger partial charge in [-0.15, -0.1) is 0 Å². The molecular formula is C16H27NO4. The summed E-state index contributed by atoms with van der Waals surface area (Å²) in [6.07, 6.45) is 0.172. The van der Waals surface area contributed by atoms with Gasteiger partial charge in [0, 0.05) is 7.11 Å². The van der Waals surface area contributed by atoms with E-state index < -0.39 is 0 Å². The molecule has 0 aliphatic heterocycles. The van der Waals surface area contributed by atoms with E-state index in [-0.39, 0.29) is 12.1 Å². The summed E-state index contributed by atoms with van der Waals surface area (Å²) in [5.41, 5.74) is 7.12. The Morgan fingerprint density at radius 3 is 2.19 bits per heavy atom. The molecular weight excluding hydrogens is 270 g/mol. The summed E-state index contributed by atoms with van der Waals surface area (Å²) in [6.45, 7) is 6.75. The topological polar surface area (TPSA) is 62.9 Å². The van der Waals surface area contributed by atoms with Gasteiger partial charge in [-0.05, 0) is 31.5 Å². The van der Waals surface area contributed by atoms with Gasteiger partial charge in [0.2, 0.25) is 0 Å². The van der Waals surface area contributed by atoms with Crippen LogP contribution in [-0.2, 0) is 14.2 Å². The van der Waals surface area contributed by atoms with E-state index in [1.54, 1.807) is 7.11 Å². The minimum atomic E-state index is -0.142. The third-order valence-electron chi connectivity index (χ3n) is 2.78. The second kappa shape index (κ2) is 10.6. The molecule has 0 heterocycles. The van der Waals surface area contributed by atoms with Crippen molar-refractivity contribution < 1.29 is 18.9 Å². The van der Waals surface area contributed by atoms with Gasteiger partial charge in [-0.1, -0.05) is 12.1 Å². The summed E-state index contributed by atoms with van der Waals surface area (Å²) in [4.78, 5) is 0. The van der Waals surface area contributed by atoms with Crippen LogP contribution in [0.5, 0.6) is 5.75 Å². The van der Waals surface area contributed by atoms with Gasteiger partial charge in [-0.2, -0.15) is 0 Å². The summed E-state index contributed by atoms with van der Waals surface area (Å²) in [5.74, 6) is 0.855. The minimum absolute atomic E-state index is 0.142. The molecule has 5 nitrogen and oxygen atoms in total. The highest BCUT2D eigenvalue weighted by Gasteiger charge is 2.06. The third-order valence-corrected chi connectivity index (χ3v) is 2.78. The van der Waals surface area contributed by atoms with E-state index >= 15 is 0 Å². The average Bonchev–Trinajstić information content (AvgIpc) is 2.46. The Kier molecular flexibility index (Phi) is 9.01. The number of ether oxygens (including phenoxy) is 4. The number of benzene rings is 1.